The average Bonchev–Trinajstić information content (AvgIpc) is 2.84. The van der Waals surface area contributed by atoms with E-state index >= 15 is 0 Å². The fourth-order valence-electron chi connectivity index (χ4n) is 4.16. The Balaban J connectivity index is 1.62. The molecule has 0 amide bonds. The summed E-state index contributed by atoms with van der Waals surface area (Å²) in [5.41, 5.74) is 3.47. The molecule has 5 rings (SSSR count). The second kappa shape index (κ2) is 8.91. The molecule has 6 nitrogen and oxygen atoms in total. The molecule has 0 atom stereocenters. The predicted molar refractivity (Wildman–Crippen MR) is 147 cm³/mol. The number of aromatic nitrogens is 2. The summed E-state index contributed by atoms with van der Waals surface area (Å²) in [6, 6.07) is 26.9. The van der Waals surface area contributed by atoms with Gasteiger partial charge in [-0.1, -0.05) is 81.4 Å². The van der Waals surface area contributed by atoms with E-state index in [0.717, 1.165) is 22.0 Å². The number of rotatable bonds is 5. The molecule has 1 aromatic heterocycles. The van der Waals surface area contributed by atoms with Crippen LogP contribution in [0.5, 0.6) is 0 Å². The lowest BCUT2D eigenvalue weighted by molar-refractivity contribution is 0.584. The highest BCUT2D eigenvalue weighted by Gasteiger charge is 2.24. The van der Waals surface area contributed by atoms with Gasteiger partial charge in [0.25, 0.3) is 10.0 Å². The zero-order valence-corrected chi connectivity index (χ0v) is 21.5. The first-order chi connectivity index (χ1) is 17.1. The van der Waals surface area contributed by atoms with Gasteiger partial charge in [-0.25, -0.2) is 18.4 Å². The number of hydrogen-bond donors (Lipinski definition) is 2. The molecule has 0 bridgehead atoms. The Morgan fingerprint density at radius 2 is 1.39 bits per heavy atom. The van der Waals surface area contributed by atoms with Gasteiger partial charge in [0.1, 0.15) is 0 Å². The molecule has 0 saturated carbocycles. The quantitative estimate of drug-likeness (QED) is 0.275. The number of anilines is 3. The topological polar surface area (TPSA) is 84.0 Å². The first-order valence-electron chi connectivity index (χ1n) is 11.8. The molecule has 1 heterocycles. The van der Waals surface area contributed by atoms with Crippen molar-refractivity contribution < 1.29 is 8.42 Å². The van der Waals surface area contributed by atoms with E-state index in [1.165, 1.54) is 0 Å². The van der Waals surface area contributed by atoms with E-state index < -0.39 is 10.0 Å². The summed E-state index contributed by atoms with van der Waals surface area (Å²) in [5, 5.41) is 5.39. The molecule has 0 spiro atoms. The largest absolute Gasteiger partial charge is 0.337 e. The Kier molecular flexibility index (Phi) is 5.88. The molecule has 2 N–H and O–H groups in total. The fourth-order valence-corrected chi connectivity index (χ4v) is 5.44. The van der Waals surface area contributed by atoms with E-state index in [0.29, 0.717) is 22.4 Å². The highest BCUT2D eigenvalue weighted by molar-refractivity contribution is 7.92. The number of hydrogen-bond acceptors (Lipinski definition) is 5. The standard InChI is InChI=1S/C29H28N4O2S/c1-19-16-17-21(29(2,3)4)18-26(19)36(34,35)33-28-27(31-24-13-7-8-14-25(24)32-28)30-23-15-9-11-20-10-5-6-12-22(20)23/h5-18H,1-4H3,(H,30,31)(H,32,33). The lowest BCUT2D eigenvalue weighted by atomic mass is 9.87. The zero-order valence-electron chi connectivity index (χ0n) is 20.7. The molecule has 0 radical (unpaired) electrons. The van der Waals surface area contributed by atoms with Gasteiger partial charge in [-0.15, -0.1) is 0 Å². The smallest absolute Gasteiger partial charge is 0.263 e. The van der Waals surface area contributed by atoms with Crippen LogP contribution in [-0.2, 0) is 15.4 Å². The van der Waals surface area contributed by atoms with Crippen molar-refractivity contribution in [3.63, 3.8) is 0 Å². The maximum absolute atomic E-state index is 13.6. The van der Waals surface area contributed by atoms with E-state index in [4.69, 9.17) is 4.98 Å². The molecule has 0 aliphatic carbocycles. The number of para-hydroxylation sites is 2. The summed E-state index contributed by atoms with van der Waals surface area (Å²) >= 11 is 0. The molecule has 4 aromatic carbocycles. The first-order valence-corrected chi connectivity index (χ1v) is 13.3. The minimum absolute atomic E-state index is 0.141. The van der Waals surface area contributed by atoms with Crippen LogP contribution in [0.2, 0.25) is 0 Å². The number of sulfonamides is 1. The summed E-state index contributed by atoms with van der Waals surface area (Å²) in [7, 11) is -3.95. The van der Waals surface area contributed by atoms with E-state index in [9.17, 15) is 8.42 Å². The Morgan fingerprint density at radius 3 is 2.11 bits per heavy atom. The minimum atomic E-state index is -3.95. The van der Waals surface area contributed by atoms with E-state index in [2.05, 4.69) is 35.8 Å². The lowest BCUT2D eigenvalue weighted by Gasteiger charge is -2.21. The molecule has 5 aromatic rings. The van der Waals surface area contributed by atoms with Crippen LogP contribution in [0.25, 0.3) is 21.8 Å². The normalized spacial score (nSPS) is 12.1. The SMILES string of the molecule is Cc1ccc(C(C)(C)C)cc1S(=O)(=O)Nc1nc2ccccc2nc1Nc1cccc2ccccc12. The molecule has 182 valence electrons. The molecular formula is C29H28N4O2S. The third-order valence-corrected chi connectivity index (χ3v) is 7.67. The van der Waals surface area contributed by atoms with Gasteiger partial charge in [0.15, 0.2) is 11.6 Å². The van der Waals surface area contributed by atoms with Gasteiger partial charge in [0.2, 0.25) is 0 Å². The third kappa shape index (κ3) is 4.62. The summed E-state index contributed by atoms with van der Waals surface area (Å²) in [4.78, 5) is 9.60. The molecule has 0 fully saturated rings. The van der Waals surface area contributed by atoms with Gasteiger partial charge in [-0.05, 0) is 53.1 Å². The van der Waals surface area contributed by atoms with Crippen LogP contribution in [-0.4, -0.2) is 18.4 Å². The van der Waals surface area contributed by atoms with Crippen LogP contribution in [0, 0.1) is 6.92 Å². The molecule has 36 heavy (non-hydrogen) atoms. The van der Waals surface area contributed by atoms with Gasteiger partial charge in [-0.3, -0.25) is 4.72 Å². The van der Waals surface area contributed by atoms with E-state index in [1.807, 2.05) is 78.9 Å². The van der Waals surface area contributed by atoms with Crippen LogP contribution >= 0.6 is 0 Å². The first kappa shape index (κ1) is 23.8. The summed E-state index contributed by atoms with van der Waals surface area (Å²) in [6.07, 6.45) is 0. The van der Waals surface area contributed by atoms with Crippen molar-refractivity contribution >= 4 is 49.2 Å². The highest BCUT2D eigenvalue weighted by atomic mass is 32.2. The van der Waals surface area contributed by atoms with Crippen LogP contribution in [0.1, 0.15) is 31.9 Å². The summed E-state index contributed by atoms with van der Waals surface area (Å²) in [6.45, 7) is 7.97. The molecule has 7 heteroatoms. The monoisotopic (exact) mass is 496 g/mol. The van der Waals surface area contributed by atoms with Gasteiger partial charge in [0.05, 0.1) is 15.9 Å². The molecule has 0 unspecified atom stereocenters. The van der Waals surface area contributed by atoms with Gasteiger partial charge < -0.3 is 5.32 Å². The Hall–Kier alpha value is -3.97. The number of nitrogens with zero attached hydrogens (tertiary/aromatic N) is 2. The fraction of sp³-hybridized carbons (Fsp3) is 0.172. The van der Waals surface area contributed by atoms with E-state index in [1.54, 1.807) is 13.0 Å². The Morgan fingerprint density at radius 1 is 0.750 bits per heavy atom. The van der Waals surface area contributed by atoms with Crippen LogP contribution in [0.15, 0.2) is 89.8 Å². The highest BCUT2D eigenvalue weighted by Crippen LogP contribution is 2.32. The molecular weight excluding hydrogens is 468 g/mol. The summed E-state index contributed by atoms with van der Waals surface area (Å²) in [5.74, 6) is 0.473. The van der Waals surface area contributed by atoms with Gasteiger partial charge >= 0.3 is 0 Å². The van der Waals surface area contributed by atoms with Crippen LogP contribution in [0.4, 0.5) is 17.3 Å². The van der Waals surface area contributed by atoms with Crippen molar-refractivity contribution in [2.45, 2.75) is 38.0 Å². The zero-order chi connectivity index (χ0) is 25.5. The number of nitrogens with one attached hydrogen (secondary N) is 2. The maximum atomic E-state index is 13.6. The summed E-state index contributed by atoms with van der Waals surface area (Å²) < 4.78 is 30.0. The lowest BCUT2D eigenvalue weighted by Crippen LogP contribution is -2.19. The second-order valence-electron chi connectivity index (χ2n) is 9.90. The maximum Gasteiger partial charge on any atom is 0.263 e. The Bertz CT molecular complexity index is 1700. The molecule has 0 aliphatic rings. The van der Waals surface area contributed by atoms with Crippen LogP contribution < -0.4 is 10.0 Å². The number of benzene rings is 4. The number of fused-ring (bicyclic) bond motifs is 2. The predicted octanol–water partition coefficient (Wildman–Crippen LogP) is 6.93. The van der Waals surface area contributed by atoms with Crippen molar-refractivity contribution in [2.24, 2.45) is 0 Å². The molecule has 0 aliphatic heterocycles. The van der Waals surface area contributed by atoms with Gasteiger partial charge in [-0.2, -0.15) is 0 Å². The van der Waals surface area contributed by atoms with Gasteiger partial charge in [0, 0.05) is 11.1 Å². The Labute approximate surface area is 211 Å². The molecule has 0 saturated heterocycles. The van der Waals surface area contributed by atoms with Crippen molar-refractivity contribution in [1.82, 2.24) is 9.97 Å². The minimum Gasteiger partial charge on any atom is -0.337 e. The van der Waals surface area contributed by atoms with Crippen molar-refractivity contribution in [3.05, 3.63) is 96.1 Å². The van der Waals surface area contributed by atoms with Crippen molar-refractivity contribution in [1.29, 1.82) is 0 Å². The second-order valence-corrected chi connectivity index (χ2v) is 11.5. The van der Waals surface area contributed by atoms with E-state index in [-0.39, 0.29) is 16.1 Å². The number of aryl methyl sites for hydroxylation is 1. The van der Waals surface area contributed by atoms with Crippen molar-refractivity contribution in [3.8, 4) is 0 Å². The van der Waals surface area contributed by atoms with Crippen LogP contribution in [0.3, 0.4) is 0 Å². The third-order valence-electron chi connectivity index (χ3n) is 6.19. The van der Waals surface area contributed by atoms with Crippen molar-refractivity contribution in [2.75, 3.05) is 10.0 Å². The average molecular weight is 497 g/mol.